The van der Waals surface area contributed by atoms with Crippen LogP contribution in [0.1, 0.15) is 54.6 Å². The number of unbranched alkanes of at least 4 members (excludes halogenated alkanes) is 1. The van der Waals surface area contributed by atoms with Crippen molar-refractivity contribution in [3.05, 3.63) is 59.7 Å². The van der Waals surface area contributed by atoms with E-state index >= 15 is 0 Å². The summed E-state index contributed by atoms with van der Waals surface area (Å²) in [6.07, 6.45) is -0.781. The molecule has 0 saturated carbocycles. The normalized spacial score (nSPS) is 14.0. The number of aromatic nitrogens is 4. The van der Waals surface area contributed by atoms with Crippen molar-refractivity contribution in [2.75, 3.05) is 37.9 Å². The number of halogens is 4. The van der Waals surface area contributed by atoms with Crippen LogP contribution in [0.25, 0.3) is 22.3 Å². The number of nitrogens with zero attached hydrogens (tertiary/aromatic N) is 5. The molecule has 2 aromatic heterocycles. The fraction of sp³-hybridized carbons (Fsp3) is 0.367. The molecule has 3 heterocycles. The standard InChI is InChI=1S/C30H31F4N7O4/c1-3-4-13-45-29(43)40-11-9-19(10-12-40)41-27-24(26(35)36-16-37-27)25(39-41)17-5-8-22(23(14-17)44-2)38-28(42)20-7-6-18(15-21(20)31)30(32,33)34/h5-8,14-16,19H,3-4,9-13H2,1-2H3,(H,38,42)(H2,35,36,37). The molecule has 2 amide bonds. The molecule has 15 heteroatoms. The maximum absolute atomic E-state index is 14.4. The van der Waals surface area contributed by atoms with Crippen LogP contribution in [-0.2, 0) is 10.9 Å². The van der Waals surface area contributed by atoms with Gasteiger partial charge in [-0.3, -0.25) is 4.79 Å². The Balaban J connectivity index is 1.39. The summed E-state index contributed by atoms with van der Waals surface area (Å²) >= 11 is 0. The minimum Gasteiger partial charge on any atom is -0.495 e. The lowest BCUT2D eigenvalue weighted by Gasteiger charge is -2.31. The molecule has 45 heavy (non-hydrogen) atoms. The van der Waals surface area contributed by atoms with Crippen molar-refractivity contribution < 1.29 is 36.6 Å². The number of alkyl halides is 3. The van der Waals surface area contributed by atoms with E-state index in [4.69, 9.17) is 20.3 Å². The molecule has 1 saturated heterocycles. The predicted molar refractivity (Wildman–Crippen MR) is 157 cm³/mol. The van der Waals surface area contributed by atoms with Gasteiger partial charge in [0.1, 0.15) is 29.4 Å². The van der Waals surface area contributed by atoms with Crippen molar-refractivity contribution in [3.8, 4) is 17.0 Å². The Bertz CT molecular complexity index is 1720. The number of nitrogen functional groups attached to an aromatic ring is 1. The third-order valence-corrected chi connectivity index (χ3v) is 7.57. The first-order chi connectivity index (χ1) is 21.5. The second kappa shape index (κ2) is 13.0. The van der Waals surface area contributed by atoms with Gasteiger partial charge >= 0.3 is 12.3 Å². The molecule has 4 aromatic rings. The molecule has 0 spiro atoms. The largest absolute Gasteiger partial charge is 0.495 e. The van der Waals surface area contributed by atoms with E-state index in [0.29, 0.717) is 60.9 Å². The molecule has 1 fully saturated rings. The molecule has 0 atom stereocenters. The van der Waals surface area contributed by atoms with E-state index in [-0.39, 0.29) is 35.5 Å². The van der Waals surface area contributed by atoms with Crippen molar-refractivity contribution in [2.45, 2.75) is 44.8 Å². The first-order valence-electron chi connectivity index (χ1n) is 14.3. The number of carbonyl (C=O) groups excluding carboxylic acids is 2. The summed E-state index contributed by atoms with van der Waals surface area (Å²) in [6.45, 7) is 3.37. The Morgan fingerprint density at radius 1 is 1.11 bits per heavy atom. The van der Waals surface area contributed by atoms with Gasteiger partial charge in [-0.15, -0.1) is 0 Å². The van der Waals surface area contributed by atoms with Gasteiger partial charge in [0.25, 0.3) is 5.91 Å². The molecule has 0 radical (unpaired) electrons. The SMILES string of the molecule is CCCCOC(=O)N1CCC(n2nc(-c3ccc(NC(=O)c4ccc(C(F)(F)F)cc4F)c(OC)c3)c3c(N)ncnc32)CC1. The highest BCUT2D eigenvalue weighted by Gasteiger charge is 2.32. The minimum absolute atomic E-state index is 0.0886. The summed E-state index contributed by atoms with van der Waals surface area (Å²) in [4.78, 5) is 35.4. The number of hydrogen-bond acceptors (Lipinski definition) is 8. The number of anilines is 2. The first kappa shape index (κ1) is 31.5. The van der Waals surface area contributed by atoms with Gasteiger partial charge in [0.15, 0.2) is 5.65 Å². The zero-order chi connectivity index (χ0) is 32.3. The van der Waals surface area contributed by atoms with Gasteiger partial charge in [-0.1, -0.05) is 19.4 Å². The summed E-state index contributed by atoms with van der Waals surface area (Å²) in [5.74, 6) is -1.89. The van der Waals surface area contributed by atoms with Crippen molar-refractivity contribution in [3.63, 3.8) is 0 Å². The maximum Gasteiger partial charge on any atom is 0.416 e. The Morgan fingerprint density at radius 2 is 1.87 bits per heavy atom. The van der Waals surface area contributed by atoms with E-state index in [1.54, 1.807) is 21.7 Å². The van der Waals surface area contributed by atoms with Crippen molar-refractivity contribution in [2.24, 2.45) is 0 Å². The summed E-state index contributed by atoms with van der Waals surface area (Å²) in [6, 6.07) is 6.31. The van der Waals surface area contributed by atoms with Crippen LogP contribution >= 0.6 is 0 Å². The molecule has 1 aliphatic heterocycles. The quantitative estimate of drug-likeness (QED) is 0.177. The molecule has 238 valence electrons. The number of hydrogen-bond donors (Lipinski definition) is 2. The van der Waals surface area contributed by atoms with Crippen LogP contribution in [-0.4, -0.2) is 63.5 Å². The van der Waals surface area contributed by atoms with Gasteiger partial charge < -0.3 is 25.4 Å². The third kappa shape index (κ3) is 6.61. The van der Waals surface area contributed by atoms with Crippen LogP contribution < -0.4 is 15.8 Å². The van der Waals surface area contributed by atoms with Crippen LogP contribution in [0.15, 0.2) is 42.7 Å². The topological polar surface area (TPSA) is 137 Å². The number of benzene rings is 2. The second-order valence-corrected chi connectivity index (χ2v) is 10.5. The molecular formula is C30H31F4N7O4. The smallest absolute Gasteiger partial charge is 0.416 e. The molecular weight excluding hydrogens is 598 g/mol. The lowest BCUT2D eigenvalue weighted by molar-refractivity contribution is -0.137. The van der Waals surface area contributed by atoms with Crippen molar-refractivity contribution >= 4 is 34.5 Å². The van der Waals surface area contributed by atoms with E-state index in [2.05, 4.69) is 15.3 Å². The average molecular weight is 630 g/mol. The van der Waals surface area contributed by atoms with Crippen LogP contribution in [0, 0.1) is 5.82 Å². The second-order valence-electron chi connectivity index (χ2n) is 10.5. The van der Waals surface area contributed by atoms with Gasteiger partial charge in [-0.2, -0.15) is 18.3 Å². The number of methoxy groups -OCH3 is 1. The summed E-state index contributed by atoms with van der Waals surface area (Å²) in [5, 5.41) is 7.83. The zero-order valence-corrected chi connectivity index (χ0v) is 24.5. The fourth-order valence-electron chi connectivity index (χ4n) is 5.15. The monoisotopic (exact) mass is 629 g/mol. The third-order valence-electron chi connectivity index (χ3n) is 7.57. The molecule has 5 rings (SSSR count). The van der Waals surface area contributed by atoms with Crippen LogP contribution in [0.4, 0.5) is 33.9 Å². The summed E-state index contributed by atoms with van der Waals surface area (Å²) in [5.41, 5.74) is 6.16. The number of ether oxygens (including phenoxy) is 2. The molecule has 0 aliphatic carbocycles. The number of rotatable bonds is 8. The van der Waals surface area contributed by atoms with Gasteiger partial charge in [0, 0.05) is 18.7 Å². The lowest BCUT2D eigenvalue weighted by atomic mass is 10.1. The lowest BCUT2D eigenvalue weighted by Crippen LogP contribution is -2.39. The molecule has 11 nitrogen and oxygen atoms in total. The maximum atomic E-state index is 14.4. The highest BCUT2D eigenvalue weighted by molar-refractivity contribution is 6.06. The summed E-state index contributed by atoms with van der Waals surface area (Å²) < 4.78 is 65.8. The molecule has 3 N–H and O–H groups in total. The van der Waals surface area contributed by atoms with E-state index < -0.39 is 29.0 Å². The van der Waals surface area contributed by atoms with Crippen LogP contribution in [0.2, 0.25) is 0 Å². The molecule has 0 bridgehead atoms. The Hall–Kier alpha value is -4.95. The van der Waals surface area contributed by atoms with E-state index in [1.807, 2.05) is 6.92 Å². The van der Waals surface area contributed by atoms with E-state index in [9.17, 15) is 27.2 Å². The molecule has 2 aromatic carbocycles. The number of nitrogens with two attached hydrogens (primary N) is 1. The van der Waals surface area contributed by atoms with Gasteiger partial charge in [0.2, 0.25) is 0 Å². The molecule has 0 unspecified atom stereocenters. The van der Waals surface area contributed by atoms with Crippen molar-refractivity contribution in [1.82, 2.24) is 24.6 Å². The van der Waals surface area contributed by atoms with E-state index in [0.717, 1.165) is 18.9 Å². The average Bonchev–Trinajstić information content (AvgIpc) is 3.42. The number of carbonyl (C=O) groups is 2. The summed E-state index contributed by atoms with van der Waals surface area (Å²) in [7, 11) is 1.36. The zero-order valence-electron chi connectivity index (χ0n) is 24.5. The first-order valence-corrected chi connectivity index (χ1v) is 14.3. The highest BCUT2D eigenvalue weighted by Crippen LogP contribution is 2.38. The van der Waals surface area contributed by atoms with Gasteiger partial charge in [-0.25, -0.2) is 23.8 Å². The molecule has 1 aliphatic rings. The number of piperidine rings is 1. The van der Waals surface area contributed by atoms with Gasteiger partial charge in [0.05, 0.1) is 42.0 Å². The van der Waals surface area contributed by atoms with Crippen LogP contribution in [0.3, 0.4) is 0 Å². The number of fused-ring (bicyclic) bond motifs is 1. The Morgan fingerprint density at radius 3 is 2.53 bits per heavy atom. The van der Waals surface area contributed by atoms with Crippen LogP contribution in [0.5, 0.6) is 5.75 Å². The highest BCUT2D eigenvalue weighted by atomic mass is 19.4. The van der Waals surface area contributed by atoms with E-state index in [1.165, 1.54) is 19.5 Å². The Kier molecular flexibility index (Phi) is 9.06. The predicted octanol–water partition coefficient (Wildman–Crippen LogP) is 6.07. The minimum atomic E-state index is -4.75. The number of amides is 2. The number of nitrogens with one attached hydrogen (secondary N) is 1. The fourth-order valence-corrected chi connectivity index (χ4v) is 5.15. The Labute approximate surface area is 255 Å². The number of likely N-dealkylation sites (tertiary alicyclic amines) is 1. The van der Waals surface area contributed by atoms with Gasteiger partial charge in [-0.05, 0) is 49.6 Å². The van der Waals surface area contributed by atoms with Crippen molar-refractivity contribution in [1.29, 1.82) is 0 Å².